The molecule has 23 heavy (non-hydrogen) atoms. The van der Waals surface area contributed by atoms with Gasteiger partial charge in [0.25, 0.3) is 0 Å². The molecule has 0 saturated carbocycles. The Bertz CT molecular complexity index is 618. The lowest BCUT2D eigenvalue weighted by molar-refractivity contribution is -0.121. The van der Waals surface area contributed by atoms with Gasteiger partial charge in [-0.3, -0.25) is 4.79 Å². The van der Waals surface area contributed by atoms with E-state index < -0.39 is 0 Å². The highest BCUT2D eigenvalue weighted by atomic mass is 16.4. The number of nitrogens with zero attached hydrogens (tertiary/aromatic N) is 1. The van der Waals surface area contributed by atoms with Crippen molar-refractivity contribution in [2.75, 3.05) is 6.54 Å². The standard InChI is InChI=1S/C18H25N3O2/c1-3-18(19,4-2)13-21-16(22)10-11-17-20-12-15(23-17)14-8-6-5-7-9-14/h5-9,12H,3-4,10-11,13,19H2,1-2H3,(H,21,22). The summed E-state index contributed by atoms with van der Waals surface area (Å²) in [5.41, 5.74) is 6.83. The second-order valence-corrected chi connectivity index (χ2v) is 5.83. The molecule has 1 heterocycles. The number of aromatic nitrogens is 1. The minimum Gasteiger partial charge on any atom is -0.441 e. The van der Waals surface area contributed by atoms with Crippen LogP contribution in [0.5, 0.6) is 0 Å². The van der Waals surface area contributed by atoms with Crippen LogP contribution in [-0.4, -0.2) is 23.0 Å². The fraction of sp³-hybridized carbons (Fsp3) is 0.444. The normalized spacial score (nSPS) is 11.4. The maximum atomic E-state index is 11.9. The molecule has 124 valence electrons. The molecule has 1 aromatic heterocycles. The Balaban J connectivity index is 1.82. The summed E-state index contributed by atoms with van der Waals surface area (Å²) in [5.74, 6) is 1.27. The number of oxazole rings is 1. The van der Waals surface area contributed by atoms with Crippen LogP contribution in [0.1, 0.15) is 39.0 Å². The maximum absolute atomic E-state index is 11.9. The van der Waals surface area contributed by atoms with Crippen molar-refractivity contribution in [3.8, 4) is 11.3 Å². The highest BCUT2D eigenvalue weighted by Crippen LogP contribution is 2.20. The Kier molecular flexibility index (Phi) is 5.93. The van der Waals surface area contributed by atoms with Crippen molar-refractivity contribution in [3.63, 3.8) is 0 Å². The van der Waals surface area contributed by atoms with Gasteiger partial charge < -0.3 is 15.5 Å². The first-order valence-electron chi connectivity index (χ1n) is 8.12. The molecule has 2 rings (SSSR count). The molecular weight excluding hydrogens is 290 g/mol. The van der Waals surface area contributed by atoms with Crippen LogP contribution in [0.25, 0.3) is 11.3 Å². The third-order valence-electron chi connectivity index (χ3n) is 4.22. The Morgan fingerprint density at radius 2 is 1.96 bits per heavy atom. The topological polar surface area (TPSA) is 81.1 Å². The molecule has 0 spiro atoms. The molecule has 0 fully saturated rings. The van der Waals surface area contributed by atoms with Crippen LogP contribution in [-0.2, 0) is 11.2 Å². The summed E-state index contributed by atoms with van der Waals surface area (Å²) in [5, 5.41) is 2.90. The van der Waals surface area contributed by atoms with Gasteiger partial charge in [0.05, 0.1) is 6.20 Å². The molecule has 1 amide bonds. The molecule has 0 aliphatic heterocycles. The largest absolute Gasteiger partial charge is 0.441 e. The zero-order valence-corrected chi connectivity index (χ0v) is 13.8. The van der Waals surface area contributed by atoms with Gasteiger partial charge in [-0.05, 0) is 12.8 Å². The van der Waals surface area contributed by atoms with E-state index in [1.54, 1.807) is 6.20 Å². The third-order valence-corrected chi connectivity index (χ3v) is 4.22. The summed E-state index contributed by atoms with van der Waals surface area (Å²) < 4.78 is 5.69. The summed E-state index contributed by atoms with van der Waals surface area (Å²) in [6, 6.07) is 9.78. The minimum absolute atomic E-state index is 0.0267. The Morgan fingerprint density at radius 3 is 2.61 bits per heavy atom. The second-order valence-electron chi connectivity index (χ2n) is 5.83. The van der Waals surface area contributed by atoms with E-state index in [9.17, 15) is 4.79 Å². The molecule has 0 saturated heterocycles. The molecule has 0 unspecified atom stereocenters. The average Bonchev–Trinajstić information content (AvgIpc) is 3.07. The number of carbonyl (C=O) groups excluding carboxylic acids is 1. The van der Waals surface area contributed by atoms with Crippen molar-refractivity contribution < 1.29 is 9.21 Å². The van der Waals surface area contributed by atoms with Gasteiger partial charge in [-0.15, -0.1) is 0 Å². The molecule has 1 aromatic carbocycles. The Labute approximate surface area is 137 Å². The fourth-order valence-corrected chi connectivity index (χ4v) is 2.25. The summed E-state index contributed by atoms with van der Waals surface area (Å²) >= 11 is 0. The van der Waals surface area contributed by atoms with Gasteiger partial charge in [-0.25, -0.2) is 4.98 Å². The van der Waals surface area contributed by atoms with Crippen molar-refractivity contribution >= 4 is 5.91 Å². The molecule has 0 aliphatic rings. The molecule has 5 heteroatoms. The lowest BCUT2D eigenvalue weighted by Gasteiger charge is -2.26. The Hall–Kier alpha value is -2.14. The first-order chi connectivity index (χ1) is 11.1. The van der Waals surface area contributed by atoms with E-state index in [2.05, 4.69) is 10.3 Å². The van der Waals surface area contributed by atoms with Gasteiger partial charge in [0.15, 0.2) is 11.7 Å². The van der Waals surface area contributed by atoms with Gasteiger partial charge in [-0.1, -0.05) is 44.2 Å². The van der Waals surface area contributed by atoms with E-state index in [1.165, 1.54) is 0 Å². The van der Waals surface area contributed by atoms with Crippen LogP contribution in [0.3, 0.4) is 0 Å². The van der Waals surface area contributed by atoms with Crippen LogP contribution in [0, 0.1) is 0 Å². The summed E-state index contributed by atoms with van der Waals surface area (Å²) in [7, 11) is 0. The smallest absolute Gasteiger partial charge is 0.220 e. The number of hydrogen-bond acceptors (Lipinski definition) is 4. The predicted octanol–water partition coefficient (Wildman–Crippen LogP) is 2.91. The number of carbonyl (C=O) groups is 1. The van der Waals surface area contributed by atoms with E-state index >= 15 is 0 Å². The van der Waals surface area contributed by atoms with Gasteiger partial charge >= 0.3 is 0 Å². The van der Waals surface area contributed by atoms with Gasteiger partial charge in [0.2, 0.25) is 5.91 Å². The number of aryl methyl sites for hydroxylation is 1. The van der Waals surface area contributed by atoms with Crippen molar-refractivity contribution in [2.24, 2.45) is 5.73 Å². The second kappa shape index (κ2) is 7.92. The van der Waals surface area contributed by atoms with E-state index in [4.69, 9.17) is 10.2 Å². The van der Waals surface area contributed by atoms with Crippen molar-refractivity contribution in [3.05, 3.63) is 42.4 Å². The van der Waals surface area contributed by atoms with Gasteiger partial charge in [0.1, 0.15) is 0 Å². The predicted molar refractivity (Wildman–Crippen MR) is 90.8 cm³/mol. The zero-order chi connectivity index (χ0) is 16.7. The molecule has 5 nitrogen and oxygen atoms in total. The molecule has 3 N–H and O–H groups in total. The van der Waals surface area contributed by atoms with Gasteiger partial charge in [0, 0.05) is 30.5 Å². The minimum atomic E-state index is -0.320. The SMILES string of the molecule is CCC(N)(CC)CNC(=O)CCc1ncc(-c2ccccc2)o1. The number of benzene rings is 1. The molecule has 0 aliphatic carbocycles. The zero-order valence-electron chi connectivity index (χ0n) is 13.8. The maximum Gasteiger partial charge on any atom is 0.220 e. The lowest BCUT2D eigenvalue weighted by atomic mass is 9.94. The van der Waals surface area contributed by atoms with Crippen LogP contribution < -0.4 is 11.1 Å². The highest BCUT2D eigenvalue weighted by molar-refractivity contribution is 5.76. The summed E-state index contributed by atoms with van der Waals surface area (Å²) in [6.07, 6.45) is 4.20. The molecular formula is C18H25N3O2. The first kappa shape index (κ1) is 17.2. The number of nitrogens with one attached hydrogen (secondary N) is 1. The van der Waals surface area contributed by atoms with Crippen LogP contribution in [0.15, 0.2) is 40.9 Å². The van der Waals surface area contributed by atoms with E-state index in [0.29, 0.717) is 25.3 Å². The number of amides is 1. The van der Waals surface area contributed by atoms with E-state index in [0.717, 1.165) is 24.2 Å². The summed E-state index contributed by atoms with van der Waals surface area (Å²) in [6.45, 7) is 4.57. The monoisotopic (exact) mass is 315 g/mol. The van der Waals surface area contributed by atoms with Crippen LogP contribution >= 0.6 is 0 Å². The van der Waals surface area contributed by atoms with E-state index in [1.807, 2.05) is 44.2 Å². The lowest BCUT2D eigenvalue weighted by Crippen LogP contribution is -2.49. The molecule has 0 bridgehead atoms. The molecule has 2 aromatic rings. The average molecular weight is 315 g/mol. The fourth-order valence-electron chi connectivity index (χ4n) is 2.25. The van der Waals surface area contributed by atoms with Crippen LogP contribution in [0.4, 0.5) is 0 Å². The summed E-state index contributed by atoms with van der Waals surface area (Å²) in [4.78, 5) is 16.2. The molecule has 0 atom stereocenters. The van der Waals surface area contributed by atoms with Crippen LogP contribution in [0.2, 0.25) is 0 Å². The van der Waals surface area contributed by atoms with E-state index in [-0.39, 0.29) is 11.4 Å². The van der Waals surface area contributed by atoms with Crippen molar-refractivity contribution in [1.29, 1.82) is 0 Å². The number of rotatable bonds is 8. The Morgan fingerprint density at radius 1 is 1.26 bits per heavy atom. The number of nitrogens with two attached hydrogens (primary N) is 1. The quantitative estimate of drug-likeness (QED) is 0.785. The van der Waals surface area contributed by atoms with Crippen molar-refractivity contribution in [2.45, 2.75) is 45.1 Å². The molecule has 0 radical (unpaired) electrons. The highest BCUT2D eigenvalue weighted by Gasteiger charge is 2.20. The third kappa shape index (κ3) is 4.93. The first-order valence-corrected chi connectivity index (χ1v) is 8.12. The van der Waals surface area contributed by atoms with Crippen molar-refractivity contribution in [1.82, 2.24) is 10.3 Å². The number of hydrogen-bond donors (Lipinski definition) is 2. The van der Waals surface area contributed by atoms with Gasteiger partial charge in [-0.2, -0.15) is 0 Å².